The van der Waals surface area contributed by atoms with Gasteiger partial charge in [-0.15, -0.1) is 0 Å². The average molecular weight is 555 g/mol. The molecule has 0 aliphatic carbocycles. The molecule has 0 saturated heterocycles. The maximum Gasteiger partial charge on any atom is 0.329 e. The number of aromatic amines is 1. The number of carbonyl (C=O) groups is 2. The third kappa shape index (κ3) is 5.14. The predicted octanol–water partition coefficient (Wildman–Crippen LogP) is 7.47. The molecule has 0 aliphatic heterocycles. The number of carboxylic acids is 1. The Balaban J connectivity index is 1.40. The van der Waals surface area contributed by atoms with E-state index in [4.69, 9.17) is 0 Å². The van der Waals surface area contributed by atoms with Crippen molar-refractivity contribution in [3.05, 3.63) is 132 Å². The fraction of sp³-hybridized carbons (Fsp3) is 0.189. The van der Waals surface area contributed by atoms with E-state index in [0.717, 1.165) is 49.1 Å². The first kappa shape index (κ1) is 27.3. The number of hydrogen-bond donors (Lipinski definition) is 3. The lowest BCUT2D eigenvalue weighted by Gasteiger charge is -2.35. The van der Waals surface area contributed by atoms with E-state index < -0.39 is 16.9 Å². The summed E-state index contributed by atoms with van der Waals surface area (Å²) in [5, 5.41) is 18.8. The molecule has 5 heteroatoms. The van der Waals surface area contributed by atoms with Crippen molar-refractivity contribution in [1.82, 2.24) is 10.3 Å². The zero-order valence-electron chi connectivity index (χ0n) is 23.9. The van der Waals surface area contributed by atoms with E-state index in [9.17, 15) is 14.7 Å². The Hall–Kier alpha value is -4.90. The SMILES string of the molecule is CC(Cc1cccc2ccccc12)(Cc1cccc2ccccc12)C(=O)N[C@@](C)(Cc1c[nH]c2ccccc12)C(=O)O. The molecule has 1 aromatic heterocycles. The summed E-state index contributed by atoms with van der Waals surface area (Å²) in [6.07, 6.45) is 2.89. The number of carbonyl (C=O) groups excluding carboxylic acids is 1. The van der Waals surface area contributed by atoms with Gasteiger partial charge in [0.05, 0.1) is 5.41 Å². The monoisotopic (exact) mass is 554 g/mol. The maximum absolute atomic E-state index is 14.5. The van der Waals surface area contributed by atoms with Gasteiger partial charge in [0.1, 0.15) is 5.54 Å². The standard InChI is InChI=1S/C37H34N2O3/c1-36(21-27-15-9-13-25-11-3-5-17-30(25)27,22-28-16-10-14-26-12-4-6-18-31(26)28)34(40)39-37(2,35(41)42)23-29-24-38-33-20-8-7-19-32(29)33/h3-20,24,38H,21-23H2,1-2H3,(H,39,40)(H,41,42)/t37-/m0/s1. The van der Waals surface area contributed by atoms with Crippen LogP contribution in [-0.4, -0.2) is 27.5 Å². The second-order valence-corrected chi connectivity index (χ2v) is 11.8. The minimum atomic E-state index is -1.51. The molecule has 1 heterocycles. The summed E-state index contributed by atoms with van der Waals surface area (Å²) in [5.41, 5.74) is 1.44. The van der Waals surface area contributed by atoms with Crippen LogP contribution in [0.2, 0.25) is 0 Å². The van der Waals surface area contributed by atoms with Crippen LogP contribution in [0.3, 0.4) is 0 Å². The molecule has 0 saturated carbocycles. The van der Waals surface area contributed by atoms with Gasteiger partial charge >= 0.3 is 5.97 Å². The van der Waals surface area contributed by atoms with Crippen molar-refractivity contribution in [2.75, 3.05) is 0 Å². The molecule has 5 nitrogen and oxygen atoms in total. The van der Waals surface area contributed by atoms with E-state index in [-0.39, 0.29) is 12.3 Å². The molecule has 0 unspecified atom stereocenters. The predicted molar refractivity (Wildman–Crippen MR) is 170 cm³/mol. The molecule has 5 aromatic carbocycles. The molecule has 42 heavy (non-hydrogen) atoms. The summed E-state index contributed by atoms with van der Waals surface area (Å²) < 4.78 is 0. The molecule has 0 fully saturated rings. The molecule has 0 spiro atoms. The molecule has 0 radical (unpaired) electrons. The number of aromatic nitrogens is 1. The first-order valence-corrected chi connectivity index (χ1v) is 14.3. The number of fused-ring (bicyclic) bond motifs is 3. The molecule has 0 bridgehead atoms. The Morgan fingerprint density at radius 3 is 1.71 bits per heavy atom. The third-order valence-electron chi connectivity index (χ3n) is 8.55. The van der Waals surface area contributed by atoms with E-state index in [1.54, 1.807) is 6.92 Å². The van der Waals surface area contributed by atoms with Crippen LogP contribution in [0.25, 0.3) is 32.4 Å². The van der Waals surface area contributed by atoms with Gasteiger partial charge in [-0.05, 0) is 64.1 Å². The highest BCUT2D eigenvalue weighted by Crippen LogP contribution is 2.35. The van der Waals surface area contributed by atoms with Crippen molar-refractivity contribution in [3.63, 3.8) is 0 Å². The largest absolute Gasteiger partial charge is 0.480 e. The molecular formula is C37H34N2O3. The summed E-state index contributed by atoms with van der Waals surface area (Å²) in [5.74, 6) is -1.35. The summed E-state index contributed by atoms with van der Waals surface area (Å²) >= 11 is 0. The van der Waals surface area contributed by atoms with Gasteiger partial charge in [0.25, 0.3) is 0 Å². The highest BCUT2D eigenvalue weighted by atomic mass is 16.4. The first-order valence-electron chi connectivity index (χ1n) is 14.3. The minimum absolute atomic E-state index is 0.150. The fourth-order valence-corrected chi connectivity index (χ4v) is 6.19. The zero-order chi connectivity index (χ0) is 29.3. The lowest BCUT2D eigenvalue weighted by Crippen LogP contribution is -2.58. The van der Waals surface area contributed by atoms with E-state index in [1.165, 1.54) is 0 Å². The zero-order valence-corrected chi connectivity index (χ0v) is 23.9. The van der Waals surface area contributed by atoms with Crippen LogP contribution < -0.4 is 5.32 Å². The van der Waals surface area contributed by atoms with Gasteiger partial charge in [-0.25, -0.2) is 4.79 Å². The highest BCUT2D eigenvalue weighted by molar-refractivity contribution is 5.93. The molecule has 6 rings (SSSR count). The molecular weight excluding hydrogens is 520 g/mol. The number of H-pyrrole nitrogens is 1. The number of para-hydroxylation sites is 1. The Bertz CT molecular complexity index is 1850. The number of aliphatic carboxylic acids is 1. The van der Waals surface area contributed by atoms with Crippen LogP contribution in [0.1, 0.15) is 30.5 Å². The number of rotatable bonds is 9. The number of amides is 1. The van der Waals surface area contributed by atoms with Crippen LogP contribution in [-0.2, 0) is 28.9 Å². The number of nitrogens with one attached hydrogen (secondary N) is 2. The molecule has 1 atom stereocenters. The Labute approximate surface area is 245 Å². The topological polar surface area (TPSA) is 82.2 Å². The van der Waals surface area contributed by atoms with E-state index in [0.29, 0.717) is 12.8 Å². The minimum Gasteiger partial charge on any atom is -0.480 e. The average Bonchev–Trinajstić information content (AvgIpc) is 3.39. The quantitative estimate of drug-likeness (QED) is 0.173. The molecule has 3 N–H and O–H groups in total. The van der Waals surface area contributed by atoms with Gasteiger partial charge in [0, 0.05) is 23.5 Å². The van der Waals surface area contributed by atoms with Crippen LogP contribution in [0.4, 0.5) is 0 Å². The van der Waals surface area contributed by atoms with E-state index in [2.05, 4.69) is 58.8 Å². The van der Waals surface area contributed by atoms with Gasteiger partial charge in [-0.1, -0.05) is 110 Å². The lowest BCUT2D eigenvalue weighted by molar-refractivity contribution is -0.148. The van der Waals surface area contributed by atoms with E-state index >= 15 is 0 Å². The van der Waals surface area contributed by atoms with Gasteiger partial charge in [-0.3, -0.25) is 4.79 Å². The smallest absolute Gasteiger partial charge is 0.329 e. The Kier molecular flexibility index (Phi) is 7.03. The summed E-state index contributed by atoms with van der Waals surface area (Å²) in [6.45, 7) is 3.56. The van der Waals surface area contributed by atoms with Crippen LogP contribution in [0.5, 0.6) is 0 Å². The summed E-state index contributed by atoms with van der Waals surface area (Å²) in [4.78, 5) is 30.5. The van der Waals surface area contributed by atoms with Crippen LogP contribution in [0, 0.1) is 5.41 Å². The molecule has 0 aliphatic rings. The number of carboxylic acid groups (broad SMARTS) is 1. The van der Waals surface area contributed by atoms with Gasteiger partial charge in [0.2, 0.25) is 5.91 Å². The van der Waals surface area contributed by atoms with Crippen molar-refractivity contribution < 1.29 is 14.7 Å². The van der Waals surface area contributed by atoms with Crippen molar-refractivity contribution in [2.24, 2.45) is 5.41 Å². The van der Waals surface area contributed by atoms with Crippen molar-refractivity contribution in [1.29, 1.82) is 0 Å². The number of hydrogen-bond acceptors (Lipinski definition) is 2. The normalized spacial score (nSPS) is 13.3. The second kappa shape index (κ2) is 10.8. The third-order valence-corrected chi connectivity index (χ3v) is 8.55. The first-order chi connectivity index (χ1) is 20.3. The highest BCUT2D eigenvalue weighted by Gasteiger charge is 2.42. The molecule has 210 valence electrons. The van der Waals surface area contributed by atoms with E-state index in [1.807, 2.05) is 73.8 Å². The van der Waals surface area contributed by atoms with Gasteiger partial charge in [0.15, 0.2) is 0 Å². The van der Waals surface area contributed by atoms with Crippen LogP contribution in [0.15, 0.2) is 115 Å². The maximum atomic E-state index is 14.5. The van der Waals surface area contributed by atoms with Crippen LogP contribution >= 0.6 is 0 Å². The fourth-order valence-electron chi connectivity index (χ4n) is 6.19. The van der Waals surface area contributed by atoms with Crippen molar-refractivity contribution >= 4 is 44.3 Å². The lowest BCUT2D eigenvalue weighted by atomic mass is 9.75. The molecule has 1 amide bonds. The summed E-state index contributed by atoms with van der Waals surface area (Å²) in [7, 11) is 0. The van der Waals surface area contributed by atoms with Crippen molar-refractivity contribution in [2.45, 2.75) is 38.6 Å². The Morgan fingerprint density at radius 1 is 0.643 bits per heavy atom. The number of benzene rings is 5. The molecule has 6 aromatic rings. The summed E-state index contributed by atoms with van der Waals surface area (Å²) in [6, 6.07) is 36.5. The Morgan fingerprint density at radius 2 is 1.14 bits per heavy atom. The second-order valence-electron chi connectivity index (χ2n) is 11.8. The van der Waals surface area contributed by atoms with Gasteiger partial charge < -0.3 is 15.4 Å². The van der Waals surface area contributed by atoms with Gasteiger partial charge in [-0.2, -0.15) is 0 Å². The van der Waals surface area contributed by atoms with Crippen molar-refractivity contribution in [3.8, 4) is 0 Å².